The van der Waals surface area contributed by atoms with Crippen molar-refractivity contribution in [1.82, 2.24) is 19.2 Å². The second kappa shape index (κ2) is 8.69. The van der Waals surface area contributed by atoms with Gasteiger partial charge < -0.3 is 14.6 Å². The van der Waals surface area contributed by atoms with E-state index in [9.17, 15) is 12.8 Å². The van der Waals surface area contributed by atoms with Crippen LogP contribution < -0.4 is 5.32 Å². The molecule has 1 aliphatic heterocycles. The molecule has 2 aromatic rings. The lowest BCUT2D eigenvalue weighted by Crippen LogP contribution is -2.36. The quantitative estimate of drug-likeness (QED) is 0.715. The summed E-state index contributed by atoms with van der Waals surface area (Å²) in [6, 6.07) is 6.47. The Hall–Kier alpha value is -1.81. The number of ether oxygens (including phenoxy) is 1. The monoisotopic (exact) mass is 410 g/mol. The first-order chi connectivity index (χ1) is 13.3. The summed E-state index contributed by atoms with van der Waals surface area (Å²) in [5.74, 6) is -0.271. The van der Waals surface area contributed by atoms with Crippen LogP contribution in [-0.2, 0) is 21.8 Å². The SMILES string of the molecule is COCC(C)NC[C@H]1CN(S(=O)(=O)c2cn(C)cn2)C[C@@H]1c1ccc(F)cc1. The summed E-state index contributed by atoms with van der Waals surface area (Å²) < 4.78 is 47.6. The van der Waals surface area contributed by atoms with E-state index in [-0.39, 0.29) is 28.7 Å². The van der Waals surface area contributed by atoms with Crippen molar-refractivity contribution in [3.05, 3.63) is 48.2 Å². The van der Waals surface area contributed by atoms with Gasteiger partial charge in [0.05, 0.1) is 12.9 Å². The number of rotatable bonds is 8. The van der Waals surface area contributed by atoms with Gasteiger partial charge in [-0.1, -0.05) is 12.1 Å². The second-order valence-corrected chi connectivity index (χ2v) is 9.27. The minimum atomic E-state index is -3.67. The normalized spacial score (nSPS) is 21.9. The standard InChI is InChI=1S/C19H27FN4O3S/c1-14(12-27-3)21-8-16-9-24(28(25,26)19-11-23(2)13-22-19)10-18(16)15-4-6-17(20)7-5-15/h4-7,11,13-14,16,18,21H,8-10,12H2,1-3H3/t14?,16-,18+/m0/s1. The average Bonchev–Trinajstić information content (AvgIpc) is 3.28. The summed E-state index contributed by atoms with van der Waals surface area (Å²) in [4.78, 5) is 4.02. The lowest BCUT2D eigenvalue weighted by atomic mass is 9.89. The van der Waals surface area contributed by atoms with Crippen LogP contribution >= 0.6 is 0 Å². The van der Waals surface area contributed by atoms with Gasteiger partial charge >= 0.3 is 0 Å². The molecule has 2 heterocycles. The molecule has 28 heavy (non-hydrogen) atoms. The van der Waals surface area contributed by atoms with Crippen LogP contribution in [-0.4, -0.2) is 61.7 Å². The molecule has 1 N–H and O–H groups in total. The minimum absolute atomic E-state index is 0.0265. The molecule has 3 rings (SSSR count). The summed E-state index contributed by atoms with van der Waals surface area (Å²) in [5, 5.41) is 3.46. The van der Waals surface area contributed by atoms with Crippen molar-refractivity contribution in [2.24, 2.45) is 13.0 Å². The Morgan fingerprint density at radius 3 is 2.64 bits per heavy atom. The molecule has 154 valence electrons. The van der Waals surface area contributed by atoms with Crippen LogP contribution in [0.25, 0.3) is 0 Å². The van der Waals surface area contributed by atoms with E-state index in [1.54, 1.807) is 30.9 Å². The molecule has 0 amide bonds. The fourth-order valence-corrected chi connectivity index (χ4v) is 5.13. The largest absolute Gasteiger partial charge is 0.383 e. The van der Waals surface area contributed by atoms with E-state index in [1.165, 1.54) is 29.0 Å². The molecule has 1 aromatic carbocycles. The first kappa shape index (κ1) is 20.9. The van der Waals surface area contributed by atoms with Crippen molar-refractivity contribution in [3.8, 4) is 0 Å². The summed E-state index contributed by atoms with van der Waals surface area (Å²) in [7, 11) is -0.287. The van der Waals surface area contributed by atoms with E-state index >= 15 is 0 Å². The summed E-state index contributed by atoms with van der Waals surface area (Å²) in [5.41, 5.74) is 0.936. The van der Waals surface area contributed by atoms with E-state index in [0.717, 1.165) is 5.56 Å². The van der Waals surface area contributed by atoms with Gasteiger partial charge in [-0.05, 0) is 30.5 Å². The summed E-state index contributed by atoms with van der Waals surface area (Å²) in [6.45, 7) is 3.96. The van der Waals surface area contributed by atoms with Gasteiger partial charge in [-0.3, -0.25) is 0 Å². The summed E-state index contributed by atoms with van der Waals surface area (Å²) in [6.07, 6.45) is 2.99. The fraction of sp³-hybridized carbons (Fsp3) is 0.526. The third-order valence-electron chi connectivity index (χ3n) is 5.14. The molecule has 0 aliphatic carbocycles. The average molecular weight is 411 g/mol. The molecule has 0 spiro atoms. The Labute approximate surface area is 165 Å². The summed E-state index contributed by atoms with van der Waals surface area (Å²) >= 11 is 0. The number of nitrogens with zero attached hydrogens (tertiary/aromatic N) is 3. The van der Waals surface area contributed by atoms with Gasteiger partial charge in [-0.15, -0.1) is 0 Å². The number of imidazole rings is 1. The van der Waals surface area contributed by atoms with Crippen molar-refractivity contribution in [1.29, 1.82) is 0 Å². The van der Waals surface area contributed by atoms with Crippen LogP contribution in [0, 0.1) is 11.7 Å². The lowest BCUT2D eigenvalue weighted by Gasteiger charge is -2.21. The maximum atomic E-state index is 13.4. The van der Waals surface area contributed by atoms with Gasteiger partial charge in [0, 0.05) is 51.9 Å². The molecule has 0 radical (unpaired) electrons. The van der Waals surface area contributed by atoms with Crippen molar-refractivity contribution in [2.75, 3.05) is 33.4 Å². The van der Waals surface area contributed by atoms with Gasteiger partial charge in [0.1, 0.15) is 5.82 Å². The molecule has 0 bridgehead atoms. The third kappa shape index (κ3) is 4.60. The fourth-order valence-electron chi connectivity index (χ4n) is 3.64. The highest BCUT2D eigenvalue weighted by atomic mass is 32.2. The van der Waals surface area contributed by atoms with Crippen molar-refractivity contribution >= 4 is 10.0 Å². The molecule has 1 unspecified atom stereocenters. The van der Waals surface area contributed by atoms with Gasteiger partial charge in [0.2, 0.25) is 0 Å². The molecular formula is C19H27FN4O3S. The number of nitrogens with one attached hydrogen (secondary N) is 1. The molecule has 7 nitrogen and oxygen atoms in total. The molecule has 1 fully saturated rings. The van der Waals surface area contributed by atoms with E-state index < -0.39 is 10.0 Å². The van der Waals surface area contributed by atoms with E-state index in [0.29, 0.717) is 26.2 Å². The van der Waals surface area contributed by atoms with Gasteiger partial charge in [-0.25, -0.2) is 17.8 Å². The zero-order valence-corrected chi connectivity index (χ0v) is 17.2. The first-order valence-corrected chi connectivity index (χ1v) is 10.7. The number of aryl methyl sites for hydroxylation is 1. The molecule has 1 saturated heterocycles. The third-order valence-corrected chi connectivity index (χ3v) is 6.85. The van der Waals surface area contributed by atoms with Gasteiger partial charge in [-0.2, -0.15) is 4.31 Å². The van der Waals surface area contributed by atoms with Crippen LogP contribution in [0.5, 0.6) is 0 Å². The number of hydrogen-bond donors (Lipinski definition) is 1. The van der Waals surface area contributed by atoms with E-state index in [1.807, 2.05) is 6.92 Å². The van der Waals surface area contributed by atoms with Crippen molar-refractivity contribution in [2.45, 2.75) is 23.9 Å². The minimum Gasteiger partial charge on any atom is -0.383 e. The van der Waals surface area contributed by atoms with Crippen LogP contribution in [0.15, 0.2) is 41.8 Å². The zero-order chi connectivity index (χ0) is 20.3. The second-order valence-electron chi connectivity index (χ2n) is 7.38. The maximum Gasteiger partial charge on any atom is 0.262 e. The predicted octanol–water partition coefficient (Wildman–Crippen LogP) is 1.59. The maximum absolute atomic E-state index is 13.4. The molecule has 1 aromatic heterocycles. The highest BCUT2D eigenvalue weighted by Gasteiger charge is 2.40. The van der Waals surface area contributed by atoms with Crippen molar-refractivity contribution in [3.63, 3.8) is 0 Å². The molecule has 1 aliphatic rings. The Kier molecular flexibility index (Phi) is 6.49. The number of benzene rings is 1. The number of methoxy groups -OCH3 is 1. The van der Waals surface area contributed by atoms with Crippen molar-refractivity contribution < 1.29 is 17.5 Å². The zero-order valence-electron chi connectivity index (χ0n) is 16.4. The van der Waals surface area contributed by atoms with Gasteiger partial charge in [0.15, 0.2) is 5.03 Å². The van der Waals surface area contributed by atoms with Crippen LogP contribution in [0.2, 0.25) is 0 Å². The Balaban J connectivity index is 1.82. The van der Waals surface area contributed by atoms with Crippen LogP contribution in [0.1, 0.15) is 18.4 Å². The number of halogens is 1. The van der Waals surface area contributed by atoms with E-state index in [4.69, 9.17) is 4.74 Å². The Morgan fingerprint density at radius 2 is 2.04 bits per heavy atom. The molecule has 0 saturated carbocycles. The highest BCUT2D eigenvalue weighted by Crippen LogP contribution is 2.35. The van der Waals surface area contributed by atoms with E-state index in [2.05, 4.69) is 10.3 Å². The molecular weight excluding hydrogens is 383 g/mol. The Morgan fingerprint density at radius 1 is 1.32 bits per heavy atom. The lowest BCUT2D eigenvalue weighted by molar-refractivity contribution is 0.169. The number of sulfonamides is 1. The topological polar surface area (TPSA) is 76.5 Å². The van der Waals surface area contributed by atoms with Gasteiger partial charge in [0.25, 0.3) is 10.0 Å². The number of hydrogen-bond acceptors (Lipinski definition) is 5. The molecule has 9 heteroatoms. The highest BCUT2D eigenvalue weighted by molar-refractivity contribution is 7.89. The predicted molar refractivity (Wildman–Crippen MR) is 104 cm³/mol. The van der Waals surface area contributed by atoms with Crippen LogP contribution in [0.4, 0.5) is 4.39 Å². The first-order valence-electron chi connectivity index (χ1n) is 9.27. The Bertz CT molecular complexity index is 885. The van der Waals surface area contributed by atoms with Crippen LogP contribution in [0.3, 0.4) is 0 Å². The molecule has 3 atom stereocenters. The smallest absolute Gasteiger partial charge is 0.262 e. The number of aromatic nitrogens is 2.